The van der Waals surface area contributed by atoms with Crippen LogP contribution in [0.3, 0.4) is 0 Å². The van der Waals surface area contributed by atoms with E-state index < -0.39 is 5.92 Å². The van der Waals surface area contributed by atoms with Crippen LogP contribution in [0.2, 0.25) is 0 Å². The summed E-state index contributed by atoms with van der Waals surface area (Å²) in [6.07, 6.45) is 0. The van der Waals surface area contributed by atoms with Crippen molar-refractivity contribution in [3.63, 3.8) is 0 Å². The van der Waals surface area contributed by atoms with Gasteiger partial charge in [-0.1, -0.05) is 36.4 Å². The number of rotatable bonds is 4. The molecule has 6 nitrogen and oxygen atoms in total. The number of aryl methyl sites for hydroxylation is 1. The minimum Gasteiger partial charge on any atom is -0.368 e. The lowest BCUT2D eigenvalue weighted by molar-refractivity contribution is 0.0178. The molecule has 4 rings (SSSR count). The van der Waals surface area contributed by atoms with Crippen LogP contribution in [0.4, 0.5) is 14.5 Å². The first-order chi connectivity index (χ1) is 14.8. The Hall–Kier alpha value is -3.29. The van der Waals surface area contributed by atoms with Crippen molar-refractivity contribution in [1.29, 1.82) is 0 Å². The molecule has 0 N–H and O–H groups in total. The van der Waals surface area contributed by atoms with Crippen molar-refractivity contribution < 1.29 is 13.6 Å². The number of benzene rings is 2. The lowest BCUT2D eigenvalue weighted by atomic mass is 10.1. The number of piperazine rings is 1. The monoisotopic (exact) mass is 426 g/mol. The lowest BCUT2D eigenvalue weighted by Crippen LogP contribution is -2.49. The molecule has 0 spiro atoms. The summed E-state index contributed by atoms with van der Waals surface area (Å²) in [4.78, 5) is 29.4. The zero-order valence-electron chi connectivity index (χ0n) is 17.5. The number of carbonyl (C=O) groups excluding carboxylic acids is 1. The Bertz CT molecular complexity index is 1180. The van der Waals surface area contributed by atoms with Crippen molar-refractivity contribution in [3.05, 3.63) is 70.1 Å². The molecule has 0 saturated carbocycles. The van der Waals surface area contributed by atoms with Gasteiger partial charge in [-0.3, -0.25) is 9.59 Å². The van der Waals surface area contributed by atoms with E-state index >= 15 is 0 Å². The zero-order valence-corrected chi connectivity index (χ0v) is 17.5. The van der Waals surface area contributed by atoms with E-state index in [2.05, 4.69) is 5.10 Å². The molecule has 2 heterocycles. The second kappa shape index (κ2) is 8.09. The Kier molecular flexibility index (Phi) is 5.47. The normalized spacial score (nSPS) is 14.8. The first kappa shape index (κ1) is 21.0. The van der Waals surface area contributed by atoms with Crippen LogP contribution in [0.15, 0.2) is 53.3 Å². The molecule has 0 atom stereocenters. The fraction of sp³-hybridized carbons (Fsp3) is 0.348. The van der Waals surface area contributed by atoms with Crippen molar-refractivity contribution in [3.8, 4) is 0 Å². The van der Waals surface area contributed by atoms with Crippen LogP contribution >= 0.6 is 0 Å². The summed E-state index contributed by atoms with van der Waals surface area (Å²) in [7, 11) is 0. The molecule has 8 heteroatoms. The SMILES string of the molecule is CCn1nc(C(=O)N2CCN(c3ccccc3C(C)(F)F)CC2)c2ccccc2c1=O. The average molecular weight is 426 g/mol. The second-order valence-corrected chi connectivity index (χ2v) is 7.70. The van der Waals surface area contributed by atoms with Gasteiger partial charge in [-0.25, -0.2) is 13.5 Å². The van der Waals surface area contributed by atoms with Gasteiger partial charge in [0.25, 0.3) is 17.4 Å². The number of fused-ring (bicyclic) bond motifs is 1. The van der Waals surface area contributed by atoms with Crippen molar-refractivity contribution in [1.82, 2.24) is 14.7 Å². The summed E-state index contributed by atoms with van der Waals surface area (Å²) in [5.74, 6) is -3.20. The van der Waals surface area contributed by atoms with Gasteiger partial charge in [0.1, 0.15) is 0 Å². The van der Waals surface area contributed by atoms with Crippen LogP contribution in [0.1, 0.15) is 29.9 Å². The number of halogens is 2. The molecule has 0 aliphatic carbocycles. The van der Waals surface area contributed by atoms with Gasteiger partial charge < -0.3 is 9.80 Å². The number of para-hydroxylation sites is 1. The molecular formula is C23H24F2N4O2. The predicted octanol–water partition coefficient (Wildman–Crippen LogP) is 3.49. The van der Waals surface area contributed by atoms with E-state index in [1.54, 1.807) is 54.3 Å². The molecule has 31 heavy (non-hydrogen) atoms. The quantitative estimate of drug-likeness (QED) is 0.641. The maximum atomic E-state index is 14.0. The van der Waals surface area contributed by atoms with Crippen LogP contribution in [0.5, 0.6) is 0 Å². The van der Waals surface area contributed by atoms with Gasteiger partial charge in [0, 0.05) is 56.3 Å². The number of hydrogen-bond donors (Lipinski definition) is 0. The molecule has 1 saturated heterocycles. The number of aromatic nitrogens is 2. The van der Waals surface area contributed by atoms with Crippen LogP contribution in [-0.4, -0.2) is 46.8 Å². The first-order valence-electron chi connectivity index (χ1n) is 10.3. The molecular weight excluding hydrogens is 402 g/mol. The largest absolute Gasteiger partial charge is 0.368 e. The van der Waals surface area contributed by atoms with E-state index in [4.69, 9.17) is 0 Å². The highest BCUT2D eigenvalue weighted by Gasteiger charge is 2.31. The third-order valence-electron chi connectivity index (χ3n) is 5.65. The standard InChI is InChI=1S/C23H24F2N4O2/c1-3-29-21(30)17-9-5-4-8-16(17)20(26-29)22(31)28-14-12-27(13-15-28)19-11-7-6-10-18(19)23(2,24)25/h4-11H,3,12-15H2,1-2H3. The summed E-state index contributed by atoms with van der Waals surface area (Å²) >= 11 is 0. The molecule has 1 amide bonds. The molecule has 1 aromatic heterocycles. The van der Waals surface area contributed by atoms with Crippen molar-refractivity contribution in [2.24, 2.45) is 0 Å². The first-order valence-corrected chi connectivity index (χ1v) is 10.3. The van der Waals surface area contributed by atoms with Gasteiger partial charge >= 0.3 is 0 Å². The molecule has 0 bridgehead atoms. The highest BCUT2D eigenvalue weighted by Crippen LogP contribution is 2.35. The van der Waals surface area contributed by atoms with E-state index in [0.717, 1.165) is 6.92 Å². The molecule has 0 radical (unpaired) electrons. The highest BCUT2D eigenvalue weighted by molar-refractivity contribution is 6.04. The Morgan fingerprint density at radius 1 is 1.00 bits per heavy atom. The van der Waals surface area contributed by atoms with Crippen LogP contribution < -0.4 is 10.5 Å². The predicted molar refractivity (Wildman–Crippen MR) is 116 cm³/mol. The summed E-state index contributed by atoms with van der Waals surface area (Å²) in [6, 6.07) is 13.4. The molecule has 1 aliphatic rings. The molecule has 1 fully saturated rings. The van der Waals surface area contributed by atoms with Crippen molar-refractivity contribution in [2.45, 2.75) is 26.3 Å². The minimum absolute atomic E-state index is 0.0162. The van der Waals surface area contributed by atoms with E-state index in [-0.39, 0.29) is 22.7 Å². The average Bonchev–Trinajstić information content (AvgIpc) is 2.79. The number of carbonyl (C=O) groups is 1. The summed E-state index contributed by atoms with van der Waals surface area (Å²) in [6.45, 7) is 4.68. The summed E-state index contributed by atoms with van der Waals surface area (Å²) < 4.78 is 29.3. The number of amides is 1. The van der Waals surface area contributed by atoms with Crippen molar-refractivity contribution in [2.75, 3.05) is 31.1 Å². The molecule has 162 valence electrons. The van der Waals surface area contributed by atoms with E-state index in [9.17, 15) is 18.4 Å². The number of hydrogen-bond acceptors (Lipinski definition) is 4. The molecule has 3 aromatic rings. The molecule has 1 aliphatic heterocycles. The van der Waals surface area contributed by atoms with E-state index in [1.807, 2.05) is 4.90 Å². The van der Waals surface area contributed by atoms with Gasteiger partial charge in [-0.15, -0.1) is 0 Å². The third kappa shape index (κ3) is 3.89. The van der Waals surface area contributed by atoms with Crippen LogP contribution in [0.25, 0.3) is 10.8 Å². The highest BCUT2D eigenvalue weighted by atomic mass is 19.3. The fourth-order valence-electron chi connectivity index (χ4n) is 4.03. The zero-order chi connectivity index (χ0) is 22.2. The Morgan fingerprint density at radius 3 is 2.26 bits per heavy atom. The second-order valence-electron chi connectivity index (χ2n) is 7.70. The molecule has 2 aromatic carbocycles. The Balaban J connectivity index is 1.59. The smallest absolute Gasteiger partial charge is 0.275 e. The maximum absolute atomic E-state index is 14.0. The van der Waals surface area contributed by atoms with E-state index in [0.29, 0.717) is 49.2 Å². The van der Waals surface area contributed by atoms with Gasteiger partial charge in [0.2, 0.25) is 0 Å². The van der Waals surface area contributed by atoms with E-state index in [1.165, 1.54) is 10.7 Å². The van der Waals surface area contributed by atoms with Gasteiger partial charge in [0.15, 0.2) is 5.69 Å². The number of alkyl halides is 2. The lowest BCUT2D eigenvalue weighted by Gasteiger charge is -2.37. The number of nitrogens with zero attached hydrogens (tertiary/aromatic N) is 4. The Morgan fingerprint density at radius 2 is 1.61 bits per heavy atom. The summed E-state index contributed by atoms with van der Waals surface area (Å²) in [5.41, 5.74) is 0.491. The maximum Gasteiger partial charge on any atom is 0.275 e. The minimum atomic E-state index is -2.94. The fourth-order valence-corrected chi connectivity index (χ4v) is 4.03. The summed E-state index contributed by atoms with van der Waals surface area (Å²) in [5, 5.41) is 5.30. The Labute approximate surface area is 178 Å². The van der Waals surface area contributed by atoms with Crippen molar-refractivity contribution >= 4 is 22.4 Å². The van der Waals surface area contributed by atoms with Crippen LogP contribution in [-0.2, 0) is 12.5 Å². The topological polar surface area (TPSA) is 58.4 Å². The van der Waals surface area contributed by atoms with Gasteiger partial charge in [0.05, 0.1) is 5.39 Å². The molecule has 0 unspecified atom stereocenters. The van der Waals surface area contributed by atoms with Gasteiger partial charge in [-0.05, 0) is 19.1 Å². The van der Waals surface area contributed by atoms with Gasteiger partial charge in [-0.2, -0.15) is 5.10 Å². The number of anilines is 1. The third-order valence-corrected chi connectivity index (χ3v) is 5.65. The van der Waals surface area contributed by atoms with Crippen LogP contribution in [0, 0.1) is 0 Å².